The number of nitrogens with one attached hydrogen (secondary N) is 1. The molecule has 2 aromatic carbocycles. The van der Waals surface area contributed by atoms with Gasteiger partial charge in [-0.2, -0.15) is 0 Å². The molecule has 25 heavy (non-hydrogen) atoms. The zero-order chi connectivity index (χ0) is 18.1. The molecule has 2 rings (SSSR count). The molecule has 0 aromatic heterocycles. The molecule has 0 spiro atoms. The number of phenols is 1. The summed E-state index contributed by atoms with van der Waals surface area (Å²) >= 11 is 0. The maximum absolute atomic E-state index is 11.9. The summed E-state index contributed by atoms with van der Waals surface area (Å²) in [5.41, 5.74) is 2.81. The Hall–Kier alpha value is -2.82. The van der Waals surface area contributed by atoms with E-state index in [0.717, 1.165) is 24.8 Å². The second-order valence-electron chi connectivity index (χ2n) is 5.89. The number of rotatable bonds is 7. The largest absolute Gasteiger partial charge is 0.507 e. The number of carbonyl (C=O) groups excluding carboxylic acids is 1. The molecule has 0 aliphatic rings. The Labute approximate surface area is 148 Å². The van der Waals surface area contributed by atoms with E-state index in [1.165, 1.54) is 0 Å². The van der Waals surface area contributed by atoms with Gasteiger partial charge in [0.05, 0.1) is 5.71 Å². The van der Waals surface area contributed by atoms with Gasteiger partial charge in [0.1, 0.15) is 5.75 Å². The molecule has 1 amide bonds. The van der Waals surface area contributed by atoms with Crippen LogP contribution >= 0.6 is 0 Å². The number of aromatic hydroxyl groups is 1. The number of hydrogen-bond donors (Lipinski definition) is 2. The van der Waals surface area contributed by atoms with E-state index in [-0.39, 0.29) is 5.75 Å². The van der Waals surface area contributed by atoms with E-state index in [2.05, 4.69) is 17.4 Å². The normalized spacial score (nSPS) is 11.2. The van der Waals surface area contributed by atoms with E-state index in [9.17, 15) is 9.90 Å². The van der Waals surface area contributed by atoms with Crippen LogP contribution < -0.4 is 5.32 Å². The van der Waals surface area contributed by atoms with Crippen molar-refractivity contribution in [2.45, 2.75) is 39.5 Å². The summed E-state index contributed by atoms with van der Waals surface area (Å²) in [7, 11) is 0. The molecule has 0 heterocycles. The number of nitrogens with zero attached hydrogens (tertiary/aromatic N) is 1. The van der Waals surface area contributed by atoms with Crippen molar-refractivity contribution in [3.63, 3.8) is 0 Å². The lowest BCUT2D eigenvalue weighted by Gasteiger charge is -2.09. The van der Waals surface area contributed by atoms with Gasteiger partial charge in [-0.3, -0.25) is 10.2 Å². The van der Waals surface area contributed by atoms with Crippen LogP contribution in [0.5, 0.6) is 5.75 Å². The Morgan fingerprint density at radius 1 is 1.16 bits per heavy atom. The van der Waals surface area contributed by atoms with Crippen molar-refractivity contribution in [3.8, 4) is 5.75 Å². The van der Waals surface area contributed by atoms with E-state index < -0.39 is 6.09 Å². The number of para-hydroxylation sites is 1. The molecule has 2 aromatic rings. The number of unbranched alkanes of at least 4 members (excludes halogenated alkanes) is 2. The highest BCUT2D eigenvalue weighted by molar-refractivity contribution is 6.03. The van der Waals surface area contributed by atoms with Crippen LogP contribution in [0.4, 0.5) is 10.5 Å². The van der Waals surface area contributed by atoms with Crippen LogP contribution in [0, 0.1) is 6.92 Å². The topological polar surface area (TPSA) is 70.9 Å². The summed E-state index contributed by atoms with van der Waals surface area (Å²) in [5, 5.41) is 16.7. The minimum absolute atomic E-state index is 0.132. The second-order valence-corrected chi connectivity index (χ2v) is 5.89. The third-order valence-corrected chi connectivity index (χ3v) is 3.74. The number of oxime groups is 1. The van der Waals surface area contributed by atoms with E-state index >= 15 is 0 Å². The minimum Gasteiger partial charge on any atom is -0.507 e. The van der Waals surface area contributed by atoms with Crippen LogP contribution in [0.2, 0.25) is 0 Å². The molecule has 2 N–H and O–H groups in total. The molecule has 0 radical (unpaired) electrons. The number of benzene rings is 2. The van der Waals surface area contributed by atoms with Crippen molar-refractivity contribution in [2.24, 2.45) is 5.16 Å². The first-order chi connectivity index (χ1) is 12.1. The number of anilines is 1. The molecule has 5 heteroatoms. The van der Waals surface area contributed by atoms with E-state index in [1.807, 2.05) is 37.3 Å². The fraction of sp³-hybridized carbons (Fsp3) is 0.300. The van der Waals surface area contributed by atoms with E-state index in [4.69, 9.17) is 4.84 Å². The first-order valence-electron chi connectivity index (χ1n) is 8.50. The Kier molecular flexibility index (Phi) is 7.01. The molecule has 0 aliphatic heterocycles. The van der Waals surface area contributed by atoms with E-state index in [0.29, 0.717) is 23.4 Å². The molecule has 0 fully saturated rings. The zero-order valence-electron chi connectivity index (χ0n) is 14.7. The Bertz CT molecular complexity index is 727. The zero-order valence-corrected chi connectivity index (χ0v) is 14.7. The summed E-state index contributed by atoms with van der Waals surface area (Å²) in [6.45, 7) is 4.06. The molecule has 0 saturated heterocycles. The first-order valence-corrected chi connectivity index (χ1v) is 8.50. The van der Waals surface area contributed by atoms with Crippen LogP contribution in [-0.2, 0) is 4.84 Å². The molecule has 0 atom stereocenters. The number of phenolic OH excluding ortho intramolecular Hbond substituents is 1. The van der Waals surface area contributed by atoms with Crippen molar-refractivity contribution in [1.82, 2.24) is 0 Å². The molecular weight excluding hydrogens is 316 g/mol. The standard InChI is InChI=1S/C20H24N2O3/c1-3-4-6-11-18(17-14-15(2)12-13-19(17)23)22-25-20(24)21-16-9-7-5-8-10-16/h5,7-10,12-14,23H,3-4,6,11H2,1-2H3,(H,21,24). The highest BCUT2D eigenvalue weighted by Crippen LogP contribution is 2.22. The molecule has 0 aliphatic carbocycles. The molecular formula is C20H24N2O3. The van der Waals surface area contributed by atoms with Crippen molar-refractivity contribution < 1.29 is 14.7 Å². The fourth-order valence-electron chi connectivity index (χ4n) is 2.41. The lowest BCUT2D eigenvalue weighted by Crippen LogP contribution is -2.13. The molecule has 132 valence electrons. The smallest absolute Gasteiger partial charge is 0.437 e. The summed E-state index contributed by atoms with van der Waals surface area (Å²) < 4.78 is 0. The highest BCUT2D eigenvalue weighted by Gasteiger charge is 2.12. The minimum atomic E-state index is -0.661. The molecule has 5 nitrogen and oxygen atoms in total. The fourth-order valence-corrected chi connectivity index (χ4v) is 2.41. The molecule has 0 bridgehead atoms. The number of carbonyl (C=O) groups is 1. The summed E-state index contributed by atoms with van der Waals surface area (Å²) in [6.07, 6.45) is 2.99. The highest BCUT2D eigenvalue weighted by atomic mass is 16.7. The van der Waals surface area contributed by atoms with Crippen molar-refractivity contribution in [2.75, 3.05) is 5.32 Å². The summed E-state index contributed by atoms with van der Waals surface area (Å²) in [4.78, 5) is 16.9. The number of amides is 1. The van der Waals surface area contributed by atoms with Gasteiger partial charge in [0, 0.05) is 11.3 Å². The quantitative estimate of drug-likeness (QED) is 0.314. The molecule has 0 saturated carbocycles. The van der Waals surface area contributed by atoms with Gasteiger partial charge >= 0.3 is 6.09 Å². The van der Waals surface area contributed by atoms with Crippen LogP contribution in [-0.4, -0.2) is 16.9 Å². The van der Waals surface area contributed by atoms with Crippen molar-refractivity contribution in [1.29, 1.82) is 0 Å². The van der Waals surface area contributed by atoms with Crippen LogP contribution in [0.3, 0.4) is 0 Å². The van der Waals surface area contributed by atoms with Crippen molar-refractivity contribution in [3.05, 3.63) is 59.7 Å². The van der Waals surface area contributed by atoms with Gasteiger partial charge in [-0.1, -0.05) is 54.8 Å². The Balaban J connectivity index is 2.12. The van der Waals surface area contributed by atoms with Gasteiger partial charge in [0.25, 0.3) is 0 Å². The third-order valence-electron chi connectivity index (χ3n) is 3.74. The summed E-state index contributed by atoms with van der Waals surface area (Å²) in [5.74, 6) is 0.132. The second kappa shape index (κ2) is 9.47. The first kappa shape index (κ1) is 18.5. The Morgan fingerprint density at radius 2 is 1.92 bits per heavy atom. The Morgan fingerprint density at radius 3 is 2.64 bits per heavy atom. The number of aryl methyl sites for hydroxylation is 1. The van der Waals surface area contributed by atoms with Gasteiger partial charge in [-0.25, -0.2) is 4.79 Å². The SMILES string of the molecule is CCCCCC(=NOC(=O)Nc1ccccc1)c1cc(C)ccc1O. The molecule has 0 unspecified atom stereocenters. The van der Waals surface area contributed by atoms with Crippen LogP contribution in [0.1, 0.15) is 43.7 Å². The monoisotopic (exact) mass is 340 g/mol. The van der Waals surface area contributed by atoms with Gasteiger partial charge in [-0.15, -0.1) is 0 Å². The van der Waals surface area contributed by atoms with Gasteiger partial charge < -0.3 is 5.11 Å². The van der Waals surface area contributed by atoms with Crippen LogP contribution in [0.25, 0.3) is 0 Å². The maximum Gasteiger partial charge on any atom is 0.437 e. The van der Waals surface area contributed by atoms with Gasteiger partial charge in [-0.05, 0) is 44.0 Å². The van der Waals surface area contributed by atoms with E-state index in [1.54, 1.807) is 18.2 Å². The predicted octanol–water partition coefficient (Wildman–Crippen LogP) is 5.23. The number of hydrogen-bond acceptors (Lipinski definition) is 4. The lowest BCUT2D eigenvalue weighted by molar-refractivity contribution is 0.166. The maximum atomic E-state index is 11.9. The third kappa shape index (κ3) is 5.95. The van der Waals surface area contributed by atoms with Crippen molar-refractivity contribution >= 4 is 17.5 Å². The average molecular weight is 340 g/mol. The predicted molar refractivity (Wildman–Crippen MR) is 100 cm³/mol. The lowest BCUT2D eigenvalue weighted by atomic mass is 10.0. The average Bonchev–Trinajstić information content (AvgIpc) is 2.61. The van der Waals surface area contributed by atoms with Gasteiger partial charge in [0.15, 0.2) is 0 Å². The van der Waals surface area contributed by atoms with Gasteiger partial charge in [0.2, 0.25) is 0 Å². The van der Waals surface area contributed by atoms with Crippen LogP contribution in [0.15, 0.2) is 53.7 Å². The summed E-state index contributed by atoms with van der Waals surface area (Å²) in [6, 6.07) is 14.3.